The van der Waals surface area contributed by atoms with Crippen LogP contribution in [0.5, 0.6) is 5.75 Å². The van der Waals surface area contributed by atoms with Crippen molar-refractivity contribution in [2.45, 2.75) is 19.0 Å². The Bertz CT molecular complexity index is 986. The molecule has 2 amide bonds. The van der Waals surface area contributed by atoms with Crippen LogP contribution in [0.1, 0.15) is 22.3 Å². The summed E-state index contributed by atoms with van der Waals surface area (Å²) in [5.74, 6) is -0.223. The molecular weight excluding hydrogens is 380 g/mol. The van der Waals surface area contributed by atoms with Crippen LogP contribution in [0, 0.1) is 0 Å². The van der Waals surface area contributed by atoms with Crippen molar-refractivity contribution < 1.29 is 22.7 Å². The Hall–Kier alpha value is -2.87. The van der Waals surface area contributed by atoms with Crippen molar-refractivity contribution in [3.63, 3.8) is 0 Å². The van der Waals surface area contributed by atoms with Crippen LogP contribution in [0.15, 0.2) is 48.5 Å². The van der Waals surface area contributed by atoms with Crippen molar-refractivity contribution in [3.8, 4) is 5.75 Å². The fraction of sp³-hybridized carbons (Fsp3) is 0.300. The van der Waals surface area contributed by atoms with Gasteiger partial charge >= 0.3 is 0 Å². The molecule has 0 radical (unpaired) electrons. The number of rotatable bonds is 7. The normalized spacial score (nSPS) is 14.5. The number of amides is 2. The number of hydrogen-bond donors (Lipinski definition) is 1. The zero-order chi connectivity index (χ0) is 20.3. The number of carbonyl (C=O) groups excluding carboxylic acids is 2. The van der Waals surface area contributed by atoms with Crippen LogP contribution in [-0.4, -0.2) is 50.3 Å². The Balaban J connectivity index is 1.82. The lowest BCUT2D eigenvalue weighted by Crippen LogP contribution is -2.45. The van der Waals surface area contributed by atoms with E-state index >= 15 is 0 Å². The Labute approximate surface area is 164 Å². The predicted octanol–water partition coefficient (Wildman–Crippen LogP) is 2.09. The number of nitrogens with one attached hydrogen (secondary N) is 1. The number of carbonyl (C=O) groups is 2. The molecule has 1 aliphatic rings. The van der Waals surface area contributed by atoms with Gasteiger partial charge in [0, 0.05) is 24.1 Å². The quantitative estimate of drug-likeness (QED) is 0.766. The van der Waals surface area contributed by atoms with E-state index < -0.39 is 21.8 Å². The second kappa shape index (κ2) is 8.02. The Morgan fingerprint density at radius 2 is 1.86 bits per heavy atom. The summed E-state index contributed by atoms with van der Waals surface area (Å²) in [4.78, 5) is 27.2. The van der Waals surface area contributed by atoms with Gasteiger partial charge in [0.25, 0.3) is 5.91 Å². The third-order valence-electron chi connectivity index (χ3n) is 4.65. The molecular formula is C20H22N2O5S. The van der Waals surface area contributed by atoms with Crippen molar-refractivity contribution in [3.05, 3.63) is 59.7 Å². The number of fused-ring (bicyclic) bond motifs is 1. The second-order valence-electron chi connectivity index (χ2n) is 6.74. The molecule has 0 saturated carbocycles. The summed E-state index contributed by atoms with van der Waals surface area (Å²) >= 11 is 0. The van der Waals surface area contributed by atoms with Gasteiger partial charge in [0.1, 0.15) is 21.6 Å². The standard InChI is InChI=1S/C20H22N2O5S/c1-27-16-9-7-15(8-10-16)21-19(23)18(11-12-28(2,25)26)22-13-14-5-3-4-6-17(14)20(22)24/h3-10,18H,11-13H2,1-2H3,(H,21,23). The fourth-order valence-corrected chi connectivity index (χ4v) is 3.83. The highest BCUT2D eigenvalue weighted by Gasteiger charge is 2.36. The number of nitrogens with zero attached hydrogens (tertiary/aromatic N) is 1. The smallest absolute Gasteiger partial charge is 0.255 e. The third-order valence-corrected chi connectivity index (χ3v) is 5.63. The number of methoxy groups -OCH3 is 1. The summed E-state index contributed by atoms with van der Waals surface area (Å²) in [6, 6.07) is 13.0. The van der Waals surface area contributed by atoms with Crippen LogP contribution in [0.4, 0.5) is 5.69 Å². The molecule has 8 heteroatoms. The summed E-state index contributed by atoms with van der Waals surface area (Å²) in [6.07, 6.45) is 1.15. The van der Waals surface area contributed by atoms with E-state index in [2.05, 4.69) is 5.32 Å². The maximum Gasteiger partial charge on any atom is 0.255 e. The minimum Gasteiger partial charge on any atom is -0.497 e. The first-order valence-electron chi connectivity index (χ1n) is 8.80. The van der Waals surface area contributed by atoms with Gasteiger partial charge in [-0.3, -0.25) is 9.59 Å². The average molecular weight is 402 g/mol. The zero-order valence-electron chi connectivity index (χ0n) is 15.7. The SMILES string of the molecule is COc1ccc(NC(=O)C(CCS(C)(=O)=O)N2Cc3ccccc3C2=O)cc1. The number of anilines is 1. The summed E-state index contributed by atoms with van der Waals surface area (Å²) in [5, 5.41) is 2.77. The van der Waals surface area contributed by atoms with Gasteiger partial charge in [0.15, 0.2) is 0 Å². The highest BCUT2D eigenvalue weighted by molar-refractivity contribution is 7.90. The van der Waals surface area contributed by atoms with Crippen molar-refractivity contribution >= 4 is 27.3 Å². The first kappa shape index (κ1) is 19.9. The number of sulfone groups is 1. The van der Waals surface area contributed by atoms with Gasteiger partial charge in [-0.05, 0) is 42.3 Å². The minimum atomic E-state index is -3.28. The molecule has 0 spiro atoms. The molecule has 1 unspecified atom stereocenters. The zero-order valence-corrected chi connectivity index (χ0v) is 16.5. The minimum absolute atomic E-state index is 0.0283. The largest absolute Gasteiger partial charge is 0.497 e. The molecule has 0 aliphatic carbocycles. The van der Waals surface area contributed by atoms with E-state index in [0.717, 1.165) is 11.8 Å². The highest BCUT2D eigenvalue weighted by atomic mass is 32.2. The summed E-state index contributed by atoms with van der Waals surface area (Å²) < 4.78 is 28.4. The number of hydrogen-bond acceptors (Lipinski definition) is 5. The van der Waals surface area contributed by atoms with Gasteiger partial charge in [-0.2, -0.15) is 0 Å². The van der Waals surface area contributed by atoms with Crippen LogP contribution in [0.2, 0.25) is 0 Å². The summed E-state index contributed by atoms with van der Waals surface area (Å²) in [6.45, 7) is 0.277. The van der Waals surface area contributed by atoms with Crippen LogP contribution in [-0.2, 0) is 21.2 Å². The molecule has 3 rings (SSSR count). The van der Waals surface area contributed by atoms with Gasteiger partial charge in [0.05, 0.1) is 12.9 Å². The van der Waals surface area contributed by atoms with E-state index in [-0.39, 0.29) is 24.6 Å². The summed E-state index contributed by atoms with van der Waals surface area (Å²) in [7, 11) is -1.74. The van der Waals surface area contributed by atoms with Gasteiger partial charge in [-0.25, -0.2) is 8.42 Å². The molecule has 0 aromatic heterocycles. The molecule has 1 N–H and O–H groups in total. The van der Waals surface area contributed by atoms with E-state index in [9.17, 15) is 18.0 Å². The summed E-state index contributed by atoms with van der Waals surface area (Å²) in [5.41, 5.74) is 1.91. The van der Waals surface area contributed by atoms with Crippen LogP contribution >= 0.6 is 0 Å². The van der Waals surface area contributed by atoms with Crippen LogP contribution in [0.3, 0.4) is 0 Å². The molecule has 0 saturated heterocycles. The van der Waals surface area contributed by atoms with E-state index in [0.29, 0.717) is 17.0 Å². The van der Waals surface area contributed by atoms with E-state index in [4.69, 9.17) is 4.74 Å². The molecule has 7 nitrogen and oxygen atoms in total. The van der Waals surface area contributed by atoms with Gasteiger partial charge in [0.2, 0.25) is 5.91 Å². The maximum absolute atomic E-state index is 12.9. The number of benzene rings is 2. The molecule has 28 heavy (non-hydrogen) atoms. The fourth-order valence-electron chi connectivity index (χ4n) is 3.18. The van der Waals surface area contributed by atoms with E-state index in [1.807, 2.05) is 12.1 Å². The second-order valence-corrected chi connectivity index (χ2v) is 9.00. The van der Waals surface area contributed by atoms with E-state index in [1.54, 1.807) is 43.5 Å². The molecule has 2 aromatic rings. The molecule has 148 valence electrons. The van der Waals surface area contributed by atoms with Crippen molar-refractivity contribution in [2.75, 3.05) is 24.4 Å². The van der Waals surface area contributed by atoms with Gasteiger partial charge < -0.3 is 15.0 Å². The first-order valence-corrected chi connectivity index (χ1v) is 10.9. The Morgan fingerprint density at radius 1 is 1.18 bits per heavy atom. The van der Waals surface area contributed by atoms with Crippen molar-refractivity contribution in [2.24, 2.45) is 0 Å². The lowest BCUT2D eigenvalue weighted by Gasteiger charge is -2.26. The maximum atomic E-state index is 12.9. The number of ether oxygens (including phenoxy) is 1. The van der Waals surface area contributed by atoms with Gasteiger partial charge in [-0.1, -0.05) is 18.2 Å². The van der Waals surface area contributed by atoms with E-state index in [1.165, 1.54) is 4.90 Å². The lowest BCUT2D eigenvalue weighted by molar-refractivity contribution is -0.120. The molecule has 1 heterocycles. The first-order chi connectivity index (χ1) is 13.3. The Morgan fingerprint density at radius 3 is 2.46 bits per heavy atom. The topological polar surface area (TPSA) is 92.8 Å². The van der Waals surface area contributed by atoms with Gasteiger partial charge in [-0.15, -0.1) is 0 Å². The molecule has 2 aromatic carbocycles. The molecule has 0 bridgehead atoms. The molecule has 1 atom stereocenters. The average Bonchev–Trinajstić information content (AvgIpc) is 2.98. The van der Waals surface area contributed by atoms with Crippen molar-refractivity contribution in [1.29, 1.82) is 0 Å². The monoisotopic (exact) mass is 402 g/mol. The molecule has 0 fully saturated rings. The van der Waals surface area contributed by atoms with Crippen LogP contribution < -0.4 is 10.1 Å². The van der Waals surface area contributed by atoms with Crippen LogP contribution in [0.25, 0.3) is 0 Å². The lowest BCUT2D eigenvalue weighted by atomic mass is 10.1. The molecule has 1 aliphatic heterocycles. The van der Waals surface area contributed by atoms with Crippen molar-refractivity contribution in [1.82, 2.24) is 4.90 Å². The predicted molar refractivity (Wildman–Crippen MR) is 106 cm³/mol. The Kier molecular flexibility index (Phi) is 5.69. The third kappa shape index (κ3) is 4.51. The highest BCUT2D eigenvalue weighted by Crippen LogP contribution is 2.26.